The molecule has 6 heteroatoms. The van der Waals surface area contributed by atoms with Gasteiger partial charge in [0.1, 0.15) is 5.75 Å². The van der Waals surface area contributed by atoms with Crippen molar-refractivity contribution >= 4 is 17.7 Å². The Hall–Kier alpha value is -2.24. The molecule has 2 amide bonds. The average molecular weight is 348 g/mol. The summed E-state index contributed by atoms with van der Waals surface area (Å²) in [5.74, 6) is 0.477. The molecule has 1 aromatic rings. The normalized spacial score (nSPS) is 14.6. The summed E-state index contributed by atoms with van der Waals surface area (Å²) >= 11 is 0. The topological polar surface area (TPSA) is 67.9 Å². The minimum atomic E-state index is -0.263. The van der Waals surface area contributed by atoms with Crippen LogP contribution < -0.4 is 10.1 Å². The van der Waals surface area contributed by atoms with Crippen LogP contribution in [0.5, 0.6) is 5.75 Å². The van der Waals surface area contributed by atoms with Crippen LogP contribution in [0.15, 0.2) is 24.3 Å². The lowest BCUT2D eigenvalue weighted by atomic mass is 9.94. The Morgan fingerprint density at radius 2 is 1.84 bits per heavy atom. The Balaban J connectivity index is 2.00. The number of methoxy groups -OCH3 is 1. The molecule has 1 aromatic carbocycles. The summed E-state index contributed by atoms with van der Waals surface area (Å²) in [7, 11) is 1.60. The molecule has 1 aliphatic carbocycles. The molecule has 0 aromatic heterocycles. The van der Waals surface area contributed by atoms with Crippen LogP contribution >= 0.6 is 0 Å². The van der Waals surface area contributed by atoms with Crippen LogP contribution in [0.25, 0.3) is 0 Å². The van der Waals surface area contributed by atoms with Crippen LogP contribution in [-0.4, -0.2) is 43.2 Å². The van der Waals surface area contributed by atoms with Crippen LogP contribution in [0, 0.1) is 0 Å². The van der Waals surface area contributed by atoms with Crippen LogP contribution in [-0.2, 0) is 9.53 Å². The molecule has 1 fully saturated rings. The molecule has 138 valence electrons. The van der Waals surface area contributed by atoms with Gasteiger partial charge >= 0.3 is 12.0 Å². The molecule has 0 bridgehead atoms. The van der Waals surface area contributed by atoms with Crippen molar-refractivity contribution in [1.29, 1.82) is 0 Å². The maximum absolute atomic E-state index is 12.8. The maximum Gasteiger partial charge on any atom is 0.322 e. The van der Waals surface area contributed by atoms with E-state index in [2.05, 4.69) is 5.32 Å². The molecule has 0 aliphatic heterocycles. The number of carbonyl (C=O) groups is 2. The van der Waals surface area contributed by atoms with Gasteiger partial charge in [0.15, 0.2) is 0 Å². The molecule has 2 rings (SSSR count). The lowest BCUT2D eigenvalue weighted by Crippen LogP contribution is -2.45. The van der Waals surface area contributed by atoms with Crippen molar-refractivity contribution in [2.75, 3.05) is 25.6 Å². The van der Waals surface area contributed by atoms with Crippen molar-refractivity contribution in [3.05, 3.63) is 24.3 Å². The standard InChI is InChI=1S/C19H28N2O4/c1-3-25-18(22)13-14-21(16-7-5-4-6-8-16)19(23)20-15-9-11-17(24-2)12-10-15/h9-12,16H,3-8,13-14H2,1-2H3,(H,20,23). The minimum absolute atomic E-state index is 0.165. The molecule has 0 spiro atoms. The number of urea groups is 1. The van der Waals surface area contributed by atoms with E-state index < -0.39 is 0 Å². The van der Waals surface area contributed by atoms with Gasteiger partial charge in [-0.15, -0.1) is 0 Å². The summed E-state index contributed by atoms with van der Waals surface area (Å²) in [6, 6.07) is 7.24. The van der Waals surface area contributed by atoms with Crippen LogP contribution in [0.2, 0.25) is 0 Å². The highest BCUT2D eigenvalue weighted by molar-refractivity contribution is 5.89. The number of hydrogen-bond donors (Lipinski definition) is 1. The van der Waals surface area contributed by atoms with Crippen molar-refractivity contribution in [2.45, 2.75) is 51.5 Å². The first-order valence-corrected chi connectivity index (χ1v) is 9.01. The van der Waals surface area contributed by atoms with Crippen molar-refractivity contribution < 1.29 is 19.1 Å². The Morgan fingerprint density at radius 1 is 1.16 bits per heavy atom. The highest BCUT2D eigenvalue weighted by Crippen LogP contribution is 2.24. The van der Waals surface area contributed by atoms with Gasteiger partial charge in [-0.2, -0.15) is 0 Å². The van der Waals surface area contributed by atoms with E-state index in [1.165, 1.54) is 6.42 Å². The van der Waals surface area contributed by atoms with Crippen molar-refractivity contribution in [3.8, 4) is 5.75 Å². The fourth-order valence-corrected chi connectivity index (χ4v) is 3.16. The number of esters is 1. The van der Waals surface area contributed by atoms with Crippen LogP contribution in [0.4, 0.5) is 10.5 Å². The average Bonchev–Trinajstić information content (AvgIpc) is 2.63. The van der Waals surface area contributed by atoms with Gasteiger partial charge in [0.05, 0.1) is 20.1 Å². The third-order valence-corrected chi connectivity index (χ3v) is 4.48. The molecule has 0 heterocycles. The lowest BCUT2D eigenvalue weighted by molar-refractivity contribution is -0.143. The zero-order chi connectivity index (χ0) is 18.1. The Morgan fingerprint density at radius 3 is 2.44 bits per heavy atom. The summed E-state index contributed by atoms with van der Waals surface area (Å²) in [4.78, 5) is 26.2. The zero-order valence-corrected chi connectivity index (χ0v) is 15.1. The Bertz CT molecular complexity index is 553. The van der Waals surface area contributed by atoms with E-state index in [4.69, 9.17) is 9.47 Å². The molecule has 0 radical (unpaired) electrons. The van der Waals surface area contributed by atoms with Crippen LogP contribution in [0.1, 0.15) is 45.4 Å². The smallest absolute Gasteiger partial charge is 0.322 e. The SMILES string of the molecule is CCOC(=O)CCN(C(=O)Nc1ccc(OC)cc1)C1CCCCC1. The molecule has 6 nitrogen and oxygen atoms in total. The zero-order valence-electron chi connectivity index (χ0n) is 15.1. The number of ether oxygens (including phenoxy) is 2. The van der Waals surface area contributed by atoms with E-state index in [-0.39, 0.29) is 24.5 Å². The second kappa shape index (κ2) is 9.91. The van der Waals surface area contributed by atoms with Gasteiger partial charge in [-0.25, -0.2) is 4.79 Å². The summed E-state index contributed by atoms with van der Waals surface area (Å²) in [6.07, 6.45) is 5.65. The second-order valence-electron chi connectivity index (χ2n) is 6.20. The van der Waals surface area contributed by atoms with Crippen molar-refractivity contribution in [3.63, 3.8) is 0 Å². The second-order valence-corrected chi connectivity index (χ2v) is 6.20. The maximum atomic E-state index is 12.8. The van der Waals surface area contributed by atoms with E-state index in [1.807, 2.05) is 0 Å². The third-order valence-electron chi connectivity index (χ3n) is 4.48. The first-order valence-electron chi connectivity index (χ1n) is 9.01. The quantitative estimate of drug-likeness (QED) is 0.761. The number of nitrogens with one attached hydrogen (secondary N) is 1. The molecule has 0 unspecified atom stereocenters. The van der Waals surface area contributed by atoms with Gasteiger partial charge in [0.25, 0.3) is 0 Å². The summed E-state index contributed by atoms with van der Waals surface area (Å²) in [5.41, 5.74) is 0.711. The number of carbonyl (C=O) groups excluding carboxylic acids is 2. The summed E-state index contributed by atoms with van der Waals surface area (Å²) in [6.45, 7) is 2.53. The lowest BCUT2D eigenvalue weighted by Gasteiger charge is -2.34. The van der Waals surface area contributed by atoms with E-state index in [0.29, 0.717) is 18.8 Å². The number of amides is 2. The van der Waals surface area contributed by atoms with E-state index >= 15 is 0 Å². The van der Waals surface area contributed by atoms with Gasteiger partial charge in [-0.1, -0.05) is 19.3 Å². The van der Waals surface area contributed by atoms with E-state index in [0.717, 1.165) is 31.4 Å². The fraction of sp³-hybridized carbons (Fsp3) is 0.579. The molecular formula is C19H28N2O4. The van der Waals surface area contributed by atoms with Crippen molar-refractivity contribution in [2.24, 2.45) is 0 Å². The predicted molar refractivity (Wildman–Crippen MR) is 96.8 cm³/mol. The minimum Gasteiger partial charge on any atom is -0.497 e. The number of nitrogens with zero attached hydrogens (tertiary/aromatic N) is 1. The Kier molecular flexibility index (Phi) is 7.57. The van der Waals surface area contributed by atoms with E-state index in [1.54, 1.807) is 43.2 Å². The number of anilines is 1. The molecule has 0 atom stereocenters. The van der Waals surface area contributed by atoms with Gasteiger partial charge < -0.3 is 19.7 Å². The Labute approximate surface area is 149 Å². The summed E-state index contributed by atoms with van der Waals surface area (Å²) in [5, 5.41) is 2.93. The van der Waals surface area contributed by atoms with Crippen LogP contribution in [0.3, 0.4) is 0 Å². The molecule has 25 heavy (non-hydrogen) atoms. The highest BCUT2D eigenvalue weighted by atomic mass is 16.5. The van der Waals surface area contributed by atoms with Gasteiger partial charge in [-0.3, -0.25) is 4.79 Å². The number of hydrogen-bond acceptors (Lipinski definition) is 4. The molecule has 1 aliphatic rings. The highest BCUT2D eigenvalue weighted by Gasteiger charge is 2.26. The molecular weight excluding hydrogens is 320 g/mol. The monoisotopic (exact) mass is 348 g/mol. The summed E-state index contributed by atoms with van der Waals surface area (Å²) < 4.78 is 10.1. The predicted octanol–water partition coefficient (Wildman–Crippen LogP) is 3.82. The van der Waals surface area contributed by atoms with E-state index in [9.17, 15) is 9.59 Å². The molecule has 0 saturated heterocycles. The molecule has 1 N–H and O–H groups in total. The first-order chi connectivity index (χ1) is 12.1. The fourth-order valence-electron chi connectivity index (χ4n) is 3.16. The largest absolute Gasteiger partial charge is 0.497 e. The van der Waals surface area contributed by atoms with Gasteiger partial charge in [0.2, 0.25) is 0 Å². The number of benzene rings is 1. The van der Waals surface area contributed by atoms with Gasteiger partial charge in [-0.05, 0) is 44.0 Å². The number of rotatable bonds is 7. The van der Waals surface area contributed by atoms with Gasteiger partial charge in [0, 0.05) is 18.3 Å². The van der Waals surface area contributed by atoms with Crippen molar-refractivity contribution in [1.82, 2.24) is 4.90 Å². The first kappa shape index (κ1) is 19.1. The third kappa shape index (κ3) is 5.96. The molecule has 1 saturated carbocycles.